The van der Waals surface area contributed by atoms with Crippen LogP contribution in [-0.2, 0) is 6.42 Å². The predicted octanol–water partition coefficient (Wildman–Crippen LogP) is 4.31. The number of hydrogen-bond donors (Lipinski definition) is 1. The number of halogens is 1. The smallest absolute Gasteiger partial charge is 0.122 e. The van der Waals surface area contributed by atoms with Gasteiger partial charge in [0.05, 0.1) is 12.7 Å². The molecule has 2 nitrogen and oxygen atoms in total. The molecule has 2 aromatic rings. The standard InChI is InChI=1S/C18H19BrO2/c19-15-7-5-13(6-8-15)11-16(20)12-14-9-10-21-18-4-2-1-3-17(14)18/h1-8,14,16,20H,9-12H2. The van der Waals surface area contributed by atoms with E-state index in [4.69, 9.17) is 4.74 Å². The van der Waals surface area contributed by atoms with Crippen molar-refractivity contribution in [2.75, 3.05) is 6.61 Å². The molecule has 3 rings (SSSR count). The van der Waals surface area contributed by atoms with E-state index in [1.807, 2.05) is 30.3 Å². The second kappa shape index (κ2) is 6.63. The number of para-hydroxylation sites is 1. The van der Waals surface area contributed by atoms with Crippen molar-refractivity contribution < 1.29 is 9.84 Å². The highest BCUT2D eigenvalue weighted by Crippen LogP contribution is 2.36. The lowest BCUT2D eigenvalue weighted by Crippen LogP contribution is -2.20. The van der Waals surface area contributed by atoms with Gasteiger partial charge in [0.15, 0.2) is 0 Å². The third-order valence-corrected chi connectivity index (χ3v) is 4.55. The fraction of sp³-hybridized carbons (Fsp3) is 0.333. The second-order valence-electron chi connectivity index (χ2n) is 5.59. The lowest BCUT2D eigenvalue weighted by Gasteiger charge is -2.27. The zero-order chi connectivity index (χ0) is 14.7. The Morgan fingerprint density at radius 2 is 1.90 bits per heavy atom. The first kappa shape index (κ1) is 14.6. The number of ether oxygens (including phenoxy) is 1. The molecular weight excluding hydrogens is 328 g/mol. The molecule has 1 heterocycles. The monoisotopic (exact) mass is 346 g/mol. The third-order valence-electron chi connectivity index (χ3n) is 4.02. The summed E-state index contributed by atoms with van der Waals surface area (Å²) in [5.41, 5.74) is 2.41. The van der Waals surface area contributed by atoms with Crippen LogP contribution in [0.1, 0.15) is 29.9 Å². The van der Waals surface area contributed by atoms with E-state index in [-0.39, 0.29) is 6.10 Å². The molecule has 1 N–H and O–H groups in total. The summed E-state index contributed by atoms with van der Waals surface area (Å²) in [6.07, 6.45) is 2.15. The lowest BCUT2D eigenvalue weighted by molar-refractivity contribution is 0.143. The first-order valence-electron chi connectivity index (χ1n) is 7.36. The Hall–Kier alpha value is -1.32. The van der Waals surface area contributed by atoms with Gasteiger partial charge in [0.2, 0.25) is 0 Å². The van der Waals surface area contributed by atoms with Gasteiger partial charge in [0, 0.05) is 4.47 Å². The van der Waals surface area contributed by atoms with Gasteiger partial charge in [-0.1, -0.05) is 46.3 Å². The van der Waals surface area contributed by atoms with E-state index >= 15 is 0 Å². The SMILES string of the molecule is OC(Cc1ccc(Br)cc1)CC1CCOc2ccccc21. The minimum atomic E-state index is -0.317. The molecule has 0 radical (unpaired) electrons. The summed E-state index contributed by atoms with van der Waals surface area (Å²) >= 11 is 3.43. The van der Waals surface area contributed by atoms with E-state index in [2.05, 4.69) is 34.1 Å². The van der Waals surface area contributed by atoms with E-state index in [0.29, 0.717) is 12.3 Å². The van der Waals surface area contributed by atoms with Crippen LogP contribution < -0.4 is 4.74 Å². The maximum Gasteiger partial charge on any atom is 0.122 e. The molecule has 0 saturated heterocycles. The molecule has 0 saturated carbocycles. The molecule has 110 valence electrons. The molecule has 0 amide bonds. The summed E-state index contributed by atoms with van der Waals surface area (Å²) in [4.78, 5) is 0. The summed E-state index contributed by atoms with van der Waals surface area (Å²) in [5.74, 6) is 1.37. The van der Waals surface area contributed by atoms with E-state index in [1.165, 1.54) is 11.1 Å². The van der Waals surface area contributed by atoms with Crippen LogP contribution in [0.4, 0.5) is 0 Å². The zero-order valence-electron chi connectivity index (χ0n) is 11.8. The molecule has 2 unspecified atom stereocenters. The van der Waals surface area contributed by atoms with Gasteiger partial charge in [0.1, 0.15) is 5.75 Å². The molecule has 3 heteroatoms. The predicted molar refractivity (Wildman–Crippen MR) is 87.8 cm³/mol. The van der Waals surface area contributed by atoms with Crippen LogP contribution in [0.15, 0.2) is 53.0 Å². The maximum absolute atomic E-state index is 10.4. The van der Waals surface area contributed by atoms with Crippen LogP contribution in [0.5, 0.6) is 5.75 Å². The van der Waals surface area contributed by atoms with Crippen molar-refractivity contribution in [2.45, 2.75) is 31.3 Å². The van der Waals surface area contributed by atoms with Crippen LogP contribution in [0.2, 0.25) is 0 Å². The summed E-state index contributed by atoms with van der Waals surface area (Å²) in [7, 11) is 0. The quantitative estimate of drug-likeness (QED) is 0.893. The molecule has 0 aromatic heterocycles. The molecule has 2 aromatic carbocycles. The molecule has 0 spiro atoms. The zero-order valence-corrected chi connectivity index (χ0v) is 13.4. The first-order valence-corrected chi connectivity index (χ1v) is 8.16. The average Bonchev–Trinajstić information content (AvgIpc) is 2.50. The molecule has 1 aliphatic heterocycles. The molecule has 2 atom stereocenters. The highest BCUT2D eigenvalue weighted by Gasteiger charge is 2.23. The minimum absolute atomic E-state index is 0.317. The summed E-state index contributed by atoms with van der Waals surface area (Å²) < 4.78 is 6.75. The summed E-state index contributed by atoms with van der Waals surface area (Å²) in [6.45, 7) is 0.743. The van der Waals surface area contributed by atoms with Crippen LogP contribution in [0.3, 0.4) is 0 Å². The van der Waals surface area contributed by atoms with E-state index in [0.717, 1.165) is 29.7 Å². The van der Waals surface area contributed by atoms with Crippen LogP contribution in [0.25, 0.3) is 0 Å². The Morgan fingerprint density at radius 3 is 2.71 bits per heavy atom. The van der Waals surface area contributed by atoms with Gasteiger partial charge < -0.3 is 9.84 Å². The van der Waals surface area contributed by atoms with E-state index in [1.54, 1.807) is 0 Å². The number of fused-ring (bicyclic) bond motifs is 1. The normalized spacial score (nSPS) is 18.7. The number of aliphatic hydroxyl groups excluding tert-OH is 1. The average molecular weight is 347 g/mol. The molecule has 21 heavy (non-hydrogen) atoms. The largest absolute Gasteiger partial charge is 0.493 e. The van der Waals surface area contributed by atoms with Crippen molar-refractivity contribution in [3.63, 3.8) is 0 Å². The van der Waals surface area contributed by atoms with Crippen molar-refractivity contribution >= 4 is 15.9 Å². The van der Waals surface area contributed by atoms with Crippen molar-refractivity contribution in [1.29, 1.82) is 0 Å². The van der Waals surface area contributed by atoms with Gasteiger partial charge in [0.25, 0.3) is 0 Å². The Bertz CT molecular complexity index is 594. The number of benzene rings is 2. The van der Waals surface area contributed by atoms with Crippen molar-refractivity contribution in [3.05, 3.63) is 64.1 Å². The summed E-state index contributed by atoms with van der Waals surface area (Å²) in [5, 5.41) is 10.4. The third kappa shape index (κ3) is 3.66. The van der Waals surface area contributed by atoms with Crippen molar-refractivity contribution in [3.8, 4) is 5.75 Å². The van der Waals surface area contributed by atoms with Crippen LogP contribution in [0, 0.1) is 0 Å². The highest BCUT2D eigenvalue weighted by atomic mass is 79.9. The maximum atomic E-state index is 10.4. The first-order chi connectivity index (χ1) is 10.2. The molecule has 0 bridgehead atoms. The number of hydrogen-bond acceptors (Lipinski definition) is 2. The molecule has 0 fully saturated rings. The second-order valence-corrected chi connectivity index (χ2v) is 6.51. The highest BCUT2D eigenvalue weighted by molar-refractivity contribution is 9.10. The Kier molecular flexibility index (Phi) is 4.61. The molecular formula is C18H19BrO2. The molecule has 1 aliphatic rings. The van der Waals surface area contributed by atoms with Crippen molar-refractivity contribution in [1.82, 2.24) is 0 Å². The van der Waals surface area contributed by atoms with E-state index in [9.17, 15) is 5.11 Å². The van der Waals surface area contributed by atoms with Gasteiger partial charge in [-0.3, -0.25) is 0 Å². The Labute approximate surface area is 133 Å². The Balaban J connectivity index is 1.65. The summed E-state index contributed by atoms with van der Waals surface area (Å²) in [6, 6.07) is 16.3. The van der Waals surface area contributed by atoms with E-state index < -0.39 is 0 Å². The number of rotatable bonds is 4. The van der Waals surface area contributed by atoms with Gasteiger partial charge in [-0.05, 0) is 54.5 Å². The van der Waals surface area contributed by atoms with Crippen molar-refractivity contribution in [2.24, 2.45) is 0 Å². The Morgan fingerprint density at radius 1 is 1.14 bits per heavy atom. The fourth-order valence-corrected chi connectivity index (χ4v) is 3.23. The lowest BCUT2D eigenvalue weighted by atomic mass is 9.87. The van der Waals surface area contributed by atoms with Gasteiger partial charge in [-0.25, -0.2) is 0 Å². The fourth-order valence-electron chi connectivity index (χ4n) is 2.97. The molecule has 0 aliphatic carbocycles. The minimum Gasteiger partial charge on any atom is -0.493 e. The van der Waals surface area contributed by atoms with Crippen LogP contribution in [-0.4, -0.2) is 17.8 Å². The van der Waals surface area contributed by atoms with Gasteiger partial charge in [-0.15, -0.1) is 0 Å². The topological polar surface area (TPSA) is 29.5 Å². The van der Waals surface area contributed by atoms with Gasteiger partial charge in [-0.2, -0.15) is 0 Å². The van der Waals surface area contributed by atoms with Gasteiger partial charge >= 0.3 is 0 Å². The van der Waals surface area contributed by atoms with Crippen LogP contribution >= 0.6 is 15.9 Å². The number of aliphatic hydroxyl groups is 1.